The second-order valence-corrected chi connectivity index (χ2v) is 3.12. The highest BCUT2D eigenvalue weighted by Gasteiger charge is 2.03. The predicted octanol–water partition coefficient (Wildman–Crippen LogP) is 1.19. The first-order valence-corrected chi connectivity index (χ1v) is 4.33. The van der Waals surface area contributed by atoms with E-state index in [0.717, 1.165) is 11.3 Å². The number of nitrogens with zero attached hydrogens (tertiary/aromatic N) is 2. The summed E-state index contributed by atoms with van der Waals surface area (Å²) in [7, 11) is 0. The Morgan fingerprint density at radius 1 is 1.92 bits per heavy atom. The number of rotatable bonds is 2. The fourth-order valence-corrected chi connectivity index (χ4v) is 1.23. The van der Waals surface area contributed by atoms with E-state index in [2.05, 4.69) is 10.3 Å². The molecule has 1 N–H and O–H groups in total. The van der Waals surface area contributed by atoms with Gasteiger partial charge in [0, 0.05) is 0 Å². The summed E-state index contributed by atoms with van der Waals surface area (Å²) >= 11 is 6.36. The quantitative estimate of drug-likeness (QED) is 0.731. The first-order chi connectivity index (χ1) is 5.76. The zero-order valence-corrected chi connectivity index (χ0v) is 7.45. The fraction of sp³-hybridized carbons (Fsp3) is 0.167. The third-order valence-electron chi connectivity index (χ3n) is 0.984. The Kier molecular flexibility index (Phi) is 3.02. The van der Waals surface area contributed by atoms with Crippen molar-refractivity contribution in [2.75, 3.05) is 11.2 Å². The summed E-state index contributed by atoms with van der Waals surface area (Å²) in [6, 6.07) is 1.91. The van der Waals surface area contributed by atoms with Gasteiger partial charge in [0.05, 0.1) is 6.20 Å². The molecule has 1 heterocycles. The summed E-state index contributed by atoms with van der Waals surface area (Å²) in [6.45, 7) is 0. The number of hydrogen-bond acceptors (Lipinski definition) is 4. The maximum absolute atomic E-state index is 10.7. The van der Waals surface area contributed by atoms with Gasteiger partial charge in [0.2, 0.25) is 5.91 Å². The van der Waals surface area contributed by atoms with Crippen molar-refractivity contribution in [3.63, 3.8) is 0 Å². The van der Waals surface area contributed by atoms with Crippen LogP contribution in [0.5, 0.6) is 0 Å². The largest absolute Gasteiger partial charge is 0.301 e. The van der Waals surface area contributed by atoms with Crippen LogP contribution in [-0.2, 0) is 4.79 Å². The molecule has 0 aromatic carbocycles. The number of thiazole rings is 1. The van der Waals surface area contributed by atoms with Gasteiger partial charge in [0.1, 0.15) is 16.8 Å². The molecule has 4 nitrogen and oxygen atoms in total. The number of amides is 1. The Balaban J connectivity index is 2.65. The summed E-state index contributed by atoms with van der Waals surface area (Å²) < 4.78 is 0. The molecule has 12 heavy (non-hydrogen) atoms. The van der Waals surface area contributed by atoms with Crippen LogP contribution in [0.1, 0.15) is 4.88 Å². The second-order valence-electron chi connectivity index (χ2n) is 1.82. The number of halogens is 1. The molecule has 0 aliphatic heterocycles. The minimum atomic E-state index is -0.324. The van der Waals surface area contributed by atoms with Crippen molar-refractivity contribution in [1.29, 1.82) is 5.26 Å². The molecule has 62 valence electrons. The molecule has 0 fully saturated rings. The predicted molar refractivity (Wildman–Crippen MR) is 46.2 cm³/mol. The molecule has 1 aromatic heterocycles. The smallest absolute Gasteiger partial charge is 0.241 e. The van der Waals surface area contributed by atoms with Crippen molar-refractivity contribution in [2.45, 2.75) is 0 Å². The van der Waals surface area contributed by atoms with Crippen LogP contribution in [-0.4, -0.2) is 16.8 Å². The Morgan fingerprint density at radius 2 is 2.67 bits per heavy atom. The van der Waals surface area contributed by atoms with Gasteiger partial charge in [-0.2, -0.15) is 5.26 Å². The lowest BCUT2D eigenvalue weighted by atomic mass is 10.6. The van der Waals surface area contributed by atoms with Gasteiger partial charge in [-0.25, -0.2) is 4.98 Å². The highest BCUT2D eigenvalue weighted by molar-refractivity contribution is 7.16. The fourth-order valence-electron chi connectivity index (χ4n) is 0.536. The third-order valence-corrected chi connectivity index (χ3v) is 2.04. The number of anilines is 1. The summed E-state index contributed by atoms with van der Waals surface area (Å²) in [5.41, 5.74) is 0. The molecule has 0 aliphatic rings. The van der Waals surface area contributed by atoms with E-state index in [1.165, 1.54) is 6.20 Å². The normalized spacial score (nSPS) is 9.00. The van der Waals surface area contributed by atoms with Gasteiger partial charge in [-0.05, 0) is 0 Å². The summed E-state index contributed by atoms with van der Waals surface area (Å²) in [5.74, 6) is -0.433. The van der Waals surface area contributed by atoms with Crippen molar-refractivity contribution in [1.82, 2.24) is 4.98 Å². The lowest BCUT2D eigenvalue weighted by Gasteiger charge is -1.93. The summed E-state index contributed by atoms with van der Waals surface area (Å²) in [5, 5.41) is 11.3. The Morgan fingerprint density at radius 3 is 3.17 bits per heavy atom. The highest BCUT2D eigenvalue weighted by atomic mass is 35.5. The molecular weight excluding hydrogens is 198 g/mol. The maximum Gasteiger partial charge on any atom is 0.241 e. The van der Waals surface area contributed by atoms with E-state index < -0.39 is 0 Å². The minimum absolute atomic E-state index is 0.110. The third kappa shape index (κ3) is 2.19. The number of alkyl halides is 1. The molecule has 0 atom stereocenters. The van der Waals surface area contributed by atoms with Gasteiger partial charge in [-0.3, -0.25) is 4.79 Å². The molecule has 0 aliphatic carbocycles. The molecule has 0 bridgehead atoms. The van der Waals surface area contributed by atoms with E-state index >= 15 is 0 Å². The maximum atomic E-state index is 10.7. The van der Waals surface area contributed by atoms with Crippen LogP contribution in [0.25, 0.3) is 0 Å². The average Bonchev–Trinajstić information content (AvgIpc) is 2.52. The van der Waals surface area contributed by atoms with Crippen LogP contribution < -0.4 is 5.32 Å². The number of carbonyl (C=O) groups is 1. The zero-order valence-electron chi connectivity index (χ0n) is 5.87. The first kappa shape index (κ1) is 8.97. The van der Waals surface area contributed by atoms with Gasteiger partial charge in [0.15, 0.2) is 5.13 Å². The monoisotopic (exact) mass is 201 g/mol. The average molecular weight is 202 g/mol. The number of nitrogens with one attached hydrogen (secondary N) is 1. The Labute approximate surface area is 77.8 Å². The van der Waals surface area contributed by atoms with E-state index in [0.29, 0.717) is 10.0 Å². The van der Waals surface area contributed by atoms with Crippen LogP contribution >= 0.6 is 22.9 Å². The molecule has 1 aromatic rings. The molecule has 1 amide bonds. The zero-order chi connectivity index (χ0) is 8.97. The molecule has 0 unspecified atom stereocenters. The van der Waals surface area contributed by atoms with E-state index in [9.17, 15) is 4.79 Å². The van der Waals surface area contributed by atoms with Gasteiger partial charge in [0.25, 0.3) is 0 Å². The molecular formula is C6H4ClN3OS. The minimum Gasteiger partial charge on any atom is -0.301 e. The molecule has 0 radical (unpaired) electrons. The molecule has 0 saturated heterocycles. The Bertz CT molecular complexity index is 330. The van der Waals surface area contributed by atoms with Crippen molar-refractivity contribution >= 4 is 34.0 Å². The Hall–Kier alpha value is -1.12. The van der Waals surface area contributed by atoms with Crippen LogP contribution in [0.2, 0.25) is 0 Å². The van der Waals surface area contributed by atoms with Gasteiger partial charge in [-0.1, -0.05) is 11.3 Å². The number of aromatic nitrogens is 1. The molecule has 1 rings (SSSR count). The lowest BCUT2D eigenvalue weighted by molar-refractivity contribution is -0.113. The van der Waals surface area contributed by atoms with E-state index in [1.807, 2.05) is 6.07 Å². The van der Waals surface area contributed by atoms with E-state index in [1.54, 1.807) is 0 Å². The van der Waals surface area contributed by atoms with Gasteiger partial charge >= 0.3 is 0 Å². The molecule has 0 saturated carbocycles. The van der Waals surface area contributed by atoms with Gasteiger partial charge < -0.3 is 5.32 Å². The lowest BCUT2D eigenvalue weighted by Crippen LogP contribution is -2.11. The number of hydrogen-bond donors (Lipinski definition) is 1. The standard InChI is InChI=1S/C6H4ClN3OS/c7-1-5(11)10-6-9-3-4(2-8)12-6/h3H,1H2,(H,9,10,11). The van der Waals surface area contributed by atoms with Crippen LogP contribution in [0, 0.1) is 11.3 Å². The highest BCUT2D eigenvalue weighted by Crippen LogP contribution is 2.16. The number of carbonyl (C=O) groups excluding carboxylic acids is 1. The van der Waals surface area contributed by atoms with Crippen LogP contribution in [0.3, 0.4) is 0 Å². The molecule has 6 heteroatoms. The van der Waals surface area contributed by atoms with E-state index in [-0.39, 0.29) is 11.8 Å². The second kappa shape index (κ2) is 4.04. The van der Waals surface area contributed by atoms with Crippen molar-refractivity contribution in [2.24, 2.45) is 0 Å². The van der Waals surface area contributed by atoms with Crippen molar-refractivity contribution in [3.8, 4) is 6.07 Å². The van der Waals surface area contributed by atoms with Crippen LogP contribution in [0.15, 0.2) is 6.20 Å². The summed E-state index contributed by atoms with van der Waals surface area (Å²) in [4.78, 5) is 15.0. The van der Waals surface area contributed by atoms with Gasteiger partial charge in [-0.15, -0.1) is 11.6 Å². The molecule has 0 spiro atoms. The first-order valence-electron chi connectivity index (χ1n) is 2.98. The van der Waals surface area contributed by atoms with Crippen molar-refractivity contribution in [3.05, 3.63) is 11.1 Å². The topological polar surface area (TPSA) is 65.8 Å². The van der Waals surface area contributed by atoms with Crippen molar-refractivity contribution < 1.29 is 4.79 Å². The summed E-state index contributed by atoms with van der Waals surface area (Å²) in [6.07, 6.45) is 1.40. The van der Waals surface area contributed by atoms with Crippen LogP contribution in [0.4, 0.5) is 5.13 Å². The van der Waals surface area contributed by atoms with E-state index in [4.69, 9.17) is 16.9 Å². The number of nitriles is 1. The SMILES string of the molecule is N#Cc1cnc(NC(=O)CCl)s1.